The molecule has 0 unspecified atom stereocenters. The first-order valence-corrected chi connectivity index (χ1v) is 8.44. The number of methoxy groups -OCH3 is 1. The molecule has 1 amide bonds. The van der Waals surface area contributed by atoms with E-state index in [1.54, 1.807) is 31.4 Å². The van der Waals surface area contributed by atoms with Gasteiger partial charge in [-0.25, -0.2) is 0 Å². The first kappa shape index (κ1) is 15.6. The van der Waals surface area contributed by atoms with E-state index in [9.17, 15) is 10.1 Å². The molecule has 0 aliphatic heterocycles. The van der Waals surface area contributed by atoms with Gasteiger partial charge in [-0.3, -0.25) is 4.79 Å². The summed E-state index contributed by atoms with van der Waals surface area (Å²) in [6.45, 7) is 2.23. The number of nitrogens with one attached hydrogen (secondary N) is 1. The van der Waals surface area contributed by atoms with Crippen molar-refractivity contribution in [2.24, 2.45) is 5.92 Å². The maximum absolute atomic E-state index is 12.5. The van der Waals surface area contributed by atoms with Gasteiger partial charge in [-0.05, 0) is 48.9 Å². The Morgan fingerprint density at radius 3 is 3.04 bits per heavy atom. The lowest BCUT2D eigenvalue weighted by Crippen LogP contribution is -2.12. The van der Waals surface area contributed by atoms with Crippen LogP contribution in [0.25, 0.3) is 0 Å². The highest BCUT2D eigenvalue weighted by atomic mass is 32.1. The average Bonchev–Trinajstić information content (AvgIpc) is 2.90. The van der Waals surface area contributed by atoms with Crippen LogP contribution in [0.1, 0.15) is 39.7 Å². The van der Waals surface area contributed by atoms with E-state index in [2.05, 4.69) is 18.3 Å². The van der Waals surface area contributed by atoms with Gasteiger partial charge in [0.1, 0.15) is 16.8 Å². The van der Waals surface area contributed by atoms with Crippen molar-refractivity contribution in [1.29, 1.82) is 5.26 Å². The second-order valence-electron chi connectivity index (χ2n) is 5.85. The number of anilines is 1. The molecule has 23 heavy (non-hydrogen) atoms. The SMILES string of the molecule is COc1cccc(C(=O)Nc2sc3c(c2C#N)CC[C@H](C)C3)c1. The molecule has 5 heteroatoms. The van der Waals surface area contributed by atoms with Crippen LogP contribution in [0.5, 0.6) is 5.75 Å². The number of hydrogen-bond donors (Lipinski definition) is 1. The Morgan fingerprint density at radius 2 is 2.30 bits per heavy atom. The Hall–Kier alpha value is -2.32. The number of nitrogens with zero attached hydrogens (tertiary/aromatic N) is 1. The second-order valence-corrected chi connectivity index (χ2v) is 6.96. The lowest BCUT2D eigenvalue weighted by atomic mass is 9.88. The number of nitriles is 1. The van der Waals surface area contributed by atoms with Crippen molar-refractivity contribution in [3.8, 4) is 11.8 Å². The predicted octanol–water partition coefficient (Wildman–Crippen LogP) is 4.01. The minimum atomic E-state index is -0.216. The van der Waals surface area contributed by atoms with Crippen molar-refractivity contribution in [3.05, 3.63) is 45.8 Å². The zero-order chi connectivity index (χ0) is 16.4. The highest BCUT2D eigenvalue weighted by molar-refractivity contribution is 7.16. The van der Waals surface area contributed by atoms with Crippen LogP contribution in [0.15, 0.2) is 24.3 Å². The van der Waals surface area contributed by atoms with E-state index in [4.69, 9.17) is 4.74 Å². The van der Waals surface area contributed by atoms with Crippen LogP contribution in [0.2, 0.25) is 0 Å². The third-order valence-corrected chi connectivity index (χ3v) is 5.35. The number of carbonyl (C=O) groups excluding carboxylic acids is 1. The van der Waals surface area contributed by atoms with Gasteiger partial charge in [-0.15, -0.1) is 11.3 Å². The van der Waals surface area contributed by atoms with E-state index in [1.165, 1.54) is 16.2 Å². The van der Waals surface area contributed by atoms with Crippen molar-refractivity contribution in [2.75, 3.05) is 12.4 Å². The molecule has 1 aliphatic carbocycles. The third kappa shape index (κ3) is 3.08. The van der Waals surface area contributed by atoms with E-state index in [1.807, 2.05) is 0 Å². The Morgan fingerprint density at radius 1 is 1.48 bits per heavy atom. The van der Waals surface area contributed by atoms with E-state index in [0.29, 0.717) is 27.8 Å². The van der Waals surface area contributed by atoms with Gasteiger partial charge in [-0.1, -0.05) is 13.0 Å². The smallest absolute Gasteiger partial charge is 0.256 e. The van der Waals surface area contributed by atoms with Crippen LogP contribution in [-0.4, -0.2) is 13.0 Å². The Kier molecular flexibility index (Phi) is 4.35. The van der Waals surface area contributed by atoms with Gasteiger partial charge < -0.3 is 10.1 Å². The van der Waals surface area contributed by atoms with Crippen molar-refractivity contribution in [2.45, 2.75) is 26.2 Å². The summed E-state index contributed by atoms with van der Waals surface area (Å²) in [5.41, 5.74) is 2.28. The van der Waals surface area contributed by atoms with Crippen LogP contribution in [0.4, 0.5) is 5.00 Å². The summed E-state index contributed by atoms with van der Waals surface area (Å²) >= 11 is 1.54. The van der Waals surface area contributed by atoms with Gasteiger partial charge >= 0.3 is 0 Å². The number of amides is 1. The normalized spacial score (nSPS) is 16.3. The van der Waals surface area contributed by atoms with Crippen LogP contribution in [-0.2, 0) is 12.8 Å². The predicted molar refractivity (Wildman–Crippen MR) is 91.2 cm³/mol. The van der Waals surface area contributed by atoms with E-state index >= 15 is 0 Å². The summed E-state index contributed by atoms with van der Waals surface area (Å²) in [7, 11) is 1.57. The number of carbonyl (C=O) groups is 1. The van der Waals surface area contributed by atoms with Crippen LogP contribution in [0, 0.1) is 17.2 Å². The summed E-state index contributed by atoms with van der Waals surface area (Å²) in [5, 5.41) is 13.0. The number of thiophene rings is 1. The monoisotopic (exact) mass is 326 g/mol. The third-order valence-electron chi connectivity index (χ3n) is 4.18. The van der Waals surface area contributed by atoms with Crippen molar-refractivity contribution >= 4 is 22.2 Å². The molecule has 1 aromatic heterocycles. The lowest BCUT2D eigenvalue weighted by molar-refractivity contribution is 0.102. The van der Waals surface area contributed by atoms with Crippen molar-refractivity contribution in [3.63, 3.8) is 0 Å². The van der Waals surface area contributed by atoms with Gasteiger partial charge in [0.2, 0.25) is 0 Å². The minimum Gasteiger partial charge on any atom is -0.497 e. The molecule has 0 fully saturated rings. The van der Waals surface area contributed by atoms with Gasteiger partial charge in [0.05, 0.1) is 12.7 Å². The maximum Gasteiger partial charge on any atom is 0.256 e. The maximum atomic E-state index is 12.5. The summed E-state index contributed by atoms with van der Waals surface area (Å²) in [4.78, 5) is 13.7. The van der Waals surface area contributed by atoms with Crippen molar-refractivity contribution in [1.82, 2.24) is 0 Å². The number of fused-ring (bicyclic) bond motifs is 1. The number of rotatable bonds is 3. The molecule has 118 valence electrons. The molecule has 3 rings (SSSR count). The van der Waals surface area contributed by atoms with E-state index in [0.717, 1.165) is 24.8 Å². The summed E-state index contributed by atoms with van der Waals surface area (Å²) < 4.78 is 5.15. The highest BCUT2D eigenvalue weighted by Crippen LogP contribution is 2.39. The quantitative estimate of drug-likeness (QED) is 0.927. The van der Waals surface area contributed by atoms with Crippen LogP contribution < -0.4 is 10.1 Å². The Balaban J connectivity index is 1.88. The molecule has 0 bridgehead atoms. The van der Waals surface area contributed by atoms with Crippen molar-refractivity contribution < 1.29 is 9.53 Å². The second kappa shape index (κ2) is 6.43. The molecule has 0 spiro atoms. The fourth-order valence-electron chi connectivity index (χ4n) is 2.90. The van der Waals surface area contributed by atoms with E-state index < -0.39 is 0 Å². The summed E-state index contributed by atoms with van der Waals surface area (Å²) in [6, 6.07) is 9.27. The molecule has 1 heterocycles. The lowest BCUT2D eigenvalue weighted by Gasteiger charge is -2.17. The molecule has 0 radical (unpaired) electrons. The molecule has 2 aromatic rings. The van der Waals surface area contributed by atoms with Crippen LogP contribution >= 0.6 is 11.3 Å². The van der Waals surface area contributed by atoms with Gasteiger partial charge in [-0.2, -0.15) is 5.26 Å². The zero-order valence-corrected chi connectivity index (χ0v) is 14.0. The topological polar surface area (TPSA) is 62.1 Å². The van der Waals surface area contributed by atoms with Crippen LogP contribution in [0.3, 0.4) is 0 Å². The van der Waals surface area contributed by atoms with Gasteiger partial charge in [0.25, 0.3) is 5.91 Å². The Labute approximate surface area is 139 Å². The first-order chi connectivity index (χ1) is 11.1. The molecule has 1 aromatic carbocycles. The fourth-order valence-corrected chi connectivity index (χ4v) is 4.25. The Bertz CT molecular complexity index is 789. The standard InChI is InChI=1S/C18H18N2O2S/c1-11-6-7-14-15(10-19)18(23-16(14)8-11)20-17(21)12-4-3-5-13(9-12)22-2/h3-5,9,11H,6-8H2,1-2H3,(H,20,21)/t11-/m0/s1. The molecule has 0 saturated heterocycles. The first-order valence-electron chi connectivity index (χ1n) is 7.62. The summed E-state index contributed by atoms with van der Waals surface area (Å²) in [5.74, 6) is 1.05. The molecular formula is C18H18N2O2S. The molecule has 4 nitrogen and oxygen atoms in total. The van der Waals surface area contributed by atoms with Gasteiger partial charge in [0.15, 0.2) is 0 Å². The fraction of sp³-hybridized carbons (Fsp3) is 0.333. The number of ether oxygens (including phenoxy) is 1. The van der Waals surface area contributed by atoms with Gasteiger partial charge in [0, 0.05) is 10.4 Å². The molecule has 1 N–H and O–H groups in total. The average molecular weight is 326 g/mol. The van der Waals surface area contributed by atoms with E-state index in [-0.39, 0.29) is 5.91 Å². The molecule has 1 atom stereocenters. The number of hydrogen-bond acceptors (Lipinski definition) is 4. The summed E-state index contributed by atoms with van der Waals surface area (Å²) in [6.07, 6.45) is 3.01. The largest absolute Gasteiger partial charge is 0.497 e. The minimum absolute atomic E-state index is 0.216. The molecule has 1 aliphatic rings. The number of benzene rings is 1. The highest BCUT2D eigenvalue weighted by Gasteiger charge is 2.24. The molecular weight excluding hydrogens is 308 g/mol. The zero-order valence-electron chi connectivity index (χ0n) is 13.2. The molecule has 0 saturated carbocycles.